The minimum atomic E-state index is -0.376. The van der Waals surface area contributed by atoms with Crippen LogP contribution in [-0.2, 0) is 0 Å². The summed E-state index contributed by atoms with van der Waals surface area (Å²) in [7, 11) is 1.60. The summed E-state index contributed by atoms with van der Waals surface area (Å²) in [6.45, 7) is 2.55. The number of aromatic amines is 1. The van der Waals surface area contributed by atoms with E-state index in [1.807, 2.05) is 55.5 Å². The number of carbonyl (C=O) groups excluding carboxylic acids is 1. The molecule has 0 atom stereocenters. The number of nitrogens with zero attached hydrogens (tertiary/aromatic N) is 2. The smallest absolute Gasteiger partial charge is 0.289 e. The topological polar surface area (TPSA) is 88.6 Å². The molecule has 0 saturated carbocycles. The first-order chi connectivity index (χ1) is 13.2. The number of nitrogens with one attached hydrogen (secondary N) is 2. The molecule has 2 aromatic carbocycles. The van der Waals surface area contributed by atoms with Crippen LogP contribution in [0, 0.1) is 0 Å². The normalized spacial score (nSPS) is 10.7. The number of rotatable bonds is 7. The summed E-state index contributed by atoms with van der Waals surface area (Å²) in [4.78, 5) is 12.2. The molecule has 138 valence electrons. The molecule has 3 rings (SSSR count). The Hall–Kier alpha value is -3.61. The molecule has 7 nitrogen and oxygen atoms in total. The maximum absolute atomic E-state index is 12.2. The summed E-state index contributed by atoms with van der Waals surface area (Å²) in [6.07, 6.45) is 1.55. The monoisotopic (exact) mass is 364 g/mol. The van der Waals surface area contributed by atoms with E-state index in [-0.39, 0.29) is 5.91 Å². The fraction of sp³-hybridized carbons (Fsp3) is 0.150. The summed E-state index contributed by atoms with van der Waals surface area (Å²) in [6, 6.07) is 16.5. The van der Waals surface area contributed by atoms with Crippen LogP contribution in [0.3, 0.4) is 0 Å². The number of methoxy groups -OCH3 is 1. The van der Waals surface area contributed by atoms with Gasteiger partial charge < -0.3 is 9.47 Å². The molecule has 7 heteroatoms. The fourth-order valence-electron chi connectivity index (χ4n) is 2.42. The number of hydrazone groups is 1. The molecule has 3 aromatic rings. The Labute approximate surface area is 157 Å². The van der Waals surface area contributed by atoms with Crippen molar-refractivity contribution in [3.8, 4) is 22.8 Å². The second-order valence-electron chi connectivity index (χ2n) is 5.60. The van der Waals surface area contributed by atoms with Gasteiger partial charge in [-0.15, -0.1) is 0 Å². The molecule has 0 unspecified atom stereocenters. The lowest BCUT2D eigenvalue weighted by Crippen LogP contribution is -2.18. The fourth-order valence-corrected chi connectivity index (χ4v) is 2.42. The molecular formula is C20H20N4O3. The van der Waals surface area contributed by atoms with Crippen molar-refractivity contribution in [1.82, 2.24) is 15.6 Å². The van der Waals surface area contributed by atoms with Crippen molar-refractivity contribution < 1.29 is 14.3 Å². The molecule has 1 aromatic heterocycles. The van der Waals surface area contributed by atoms with Gasteiger partial charge in [0, 0.05) is 5.56 Å². The van der Waals surface area contributed by atoms with Crippen LogP contribution < -0.4 is 14.9 Å². The van der Waals surface area contributed by atoms with E-state index in [2.05, 4.69) is 20.7 Å². The summed E-state index contributed by atoms with van der Waals surface area (Å²) < 4.78 is 10.6. The molecule has 0 aliphatic rings. The minimum Gasteiger partial charge on any atom is -0.497 e. The number of hydrogen-bond donors (Lipinski definition) is 2. The number of amides is 1. The van der Waals surface area contributed by atoms with E-state index in [0.29, 0.717) is 18.0 Å². The van der Waals surface area contributed by atoms with E-state index in [4.69, 9.17) is 9.47 Å². The molecule has 0 aliphatic carbocycles. The van der Waals surface area contributed by atoms with Crippen LogP contribution in [0.5, 0.6) is 11.5 Å². The van der Waals surface area contributed by atoms with Crippen molar-refractivity contribution in [2.45, 2.75) is 6.92 Å². The Balaban J connectivity index is 1.63. The molecule has 0 spiro atoms. The van der Waals surface area contributed by atoms with Gasteiger partial charge in [0.25, 0.3) is 5.91 Å². The van der Waals surface area contributed by atoms with Crippen LogP contribution in [0.1, 0.15) is 23.0 Å². The maximum atomic E-state index is 12.2. The third kappa shape index (κ3) is 4.72. The van der Waals surface area contributed by atoms with Crippen LogP contribution >= 0.6 is 0 Å². The highest BCUT2D eigenvalue weighted by Gasteiger charge is 2.10. The van der Waals surface area contributed by atoms with Gasteiger partial charge in [0.15, 0.2) is 0 Å². The second-order valence-corrected chi connectivity index (χ2v) is 5.60. The Kier molecular flexibility index (Phi) is 5.84. The van der Waals surface area contributed by atoms with Gasteiger partial charge in [0.1, 0.15) is 17.2 Å². The van der Waals surface area contributed by atoms with E-state index < -0.39 is 0 Å². The van der Waals surface area contributed by atoms with Gasteiger partial charge in [-0.3, -0.25) is 9.89 Å². The SMILES string of the molecule is CCOc1ccc(-c2cc(C(=O)NN=Cc3cccc(OC)c3)[nH]n2)cc1. The van der Waals surface area contributed by atoms with Gasteiger partial charge in [0.2, 0.25) is 0 Å². The summed E-state index contributed by atoms with van der Waals surface area (Å²) in [5, 5.41) is 10.9. The van der Waals surface area contributed by atoms with Crippen LogP contribution in [0.25, 0.3) is 11.3 Å². The largest absolute Gasteiger partial charge is 0.497 e. The maximum Gasteiger partial charge on any atom is 0.289 e. The van der Waals surface area contributed by atoms with Gasteiger partial charge in [0.05, 0.1) is 25.6 Å². The van der Waals surface area contributed by atoms with Crippen molar-refractivity contribution >= 4 is 12.1 Å². The lowest BCUT2D eigenvalue weighted by Gasteiger charge is -2.02. The standard InChI is InChI=1S/C20H20N4O3/c1-3-27-16-9-7-15(8-10-16)18-12-19(23-22-18)20(25)24-21-13-14-5-4-6-17(11-14)26-2/h4-13H,3H2,1-2H3,(H,22,23)(H,24,25). The lowest BCUT2D eigenvalue weighted by molar-refractivity contribution is 0.0950. The number of ether oxygens (including phenoxy) is 2. The summed E-state index contributed by atoms with van der Waals surface area (Å²) in [5.74, 6) is 1.14. The average molecular weight is 364 g/mol. The van der Waals surface area contributed by atoms with Crippen LogP contribution in [0.15, 0.2) is 59.7 Å². The van der Waals surface area contributed by atoms with Gasteiger partial charge in [-0.25, -0.2) is 5.43 Å². The Bertz CT molecular complexity index is 932. The molecule has 0 radical (unpaired) electrons. The highest BCUT2D eigenvalue weighted by Crippen LogP contribution is 2.21. The molecule has 0 bridgehead atoms. The zero-order valence-electron chi connectivity index (χ0n) is 15.1. The van der Waals surface area contributed by atoms with Crippen LogP contribution in [0.4, 0.5) is 0 Å². The third-order valence-electron chi connectivity index (χ3n) is 3.76. The Morgan fingerprint density at radius 1 is 1.19 bits per heavy atom. The van der Waals surface area contributed by atoms with E-state index >= 15 is 0 Å². The number of carbonyl (C=O) groups is 1. The molecule has 0 saturated heterocycles. The van der Waals surface area contributed by atoms with Crippen molar-refractivity contribution in [2.75, 3.05) is 13.7 Å². The molecule has 1 amide bonds. The summed E-state index contributed by atoms with van der Waals surface area (Å²) in [5.41, 5.74) is 5.16. The second kappa shape index (κ2) is 8.66. The van der Waals surface area contributed by atoms with E-state index in [9.17, 15) is 4.79 Å². The van der Waals surface area contributed by atoms with Crippen molar-refractivity contribution in [3.05, 3.63) is 65.9 Å². The Morgan fingerprint density at radius 3 is 2.74 bits per heavy atom. The number of hydrogen-bond acceptors (Lipinski definition) is 5. The van der Waals surface area contributed by atoms with Crippen molar-refractivity contribution in [2.24, 2.45) is 5.10 Å². The van der Waals surface area contributed by atoms with E-state index in [1.54, 1.807) is 19.4 Å². The van der Waals surface area contributed by atoms with Crippen molar-refractivity contribution in [1.29, 1.82) is 0 Å². The predicted octanol–water partition coefficient (Wildman–Crippen LogP) is 3.25. The number of benzene rings is 2. The van der Waals surface area contributed by atoms with Crippen LogP contribution in [0.2, 0.25) is 0 Å². The highest BCUT2D eigenvalue weighted by molar-refractivity contribution is 5.94. The zero-order chi connectivity index (χ0) is 19.1. The summed E-state index contributed by atoms with van der Waals surface area (Å²) >= 11 is 0. The van der Waals surface area contributed by atoms with Gasteiger partial charge in [-0.05, 0) is 55.0 Å². The van der Waals surface area contributed by atoms with Gasteiger partial charge in [-0.2, -0.15) is 10.2 Å². The minimum absolute atomic E-state index is 0.321. The van der Waals surface area contributed by atoms with Gasteiger partial charge in [-0.1, -0.05) is 12.1 Å². The highest BCUT2D eigenvalue weighted by atomic mass is 16.5. The number of H-pyrrole nitrogens is 1. The Morgan fingerprint density at radius 2 is 2.00 bits per heavy atom. The molecule has 0 aliphatic heterocycles. The molecule has 1 heterocycles. The first-order valence-corrected chi connectivity index (χ1v) is 8.45. The first-order valence-electron chi connectivity index (χ1n) is 8.45. The molecule has 0 fully saturated rings. The van der Waals surface area contributed by atoms with Crippen molar-refractivity contribution in [3.63, 3.8) is 0 Å². The number of aromatic nitrogens is 2. The van der Waals surface area contributed by atoms with Crippen LogP contribution in [-0.4, -0.2) is 36.0 Å². The van der Waals surface area contributed by atoms with E-state index in [0.717, 1.165) is 22.6 Å². The zero-order valence-corrected chi connectivity index (χ0v) is 15.1. The quantitative estimate of drug-likeness (QED) is 0.497. The predicted molar refractivity (Wildman–Crippen MR) is 103 cm³/mol. The van der Waals surface area contributed by atoms with Gasteiger partial charge >= 0.3 is 0 Å². The van der Waals surface area contributed by atoms with E-state index in [1.165, 1.54) is 0 Å². The third-order valence-corrected chi connectivity index (χ3v) is 3.76. The molecule has 27 heavy (non-hydrogen) atoms. The lowest BCUT2D eigenvalue weighted by atomic mass is 10.1. The first kappa shape index (κ1) is 18.2. The average Bonchev–Trinajstić information content (AvgIpc) is 3.19. The molecular weight excluding hydrogens is 344 g/mol. The molecule has 2 N–H and O–H groups in total.